The summed E-state index contributed by atoms with van der Waals surface area (Å²) in [6.45, 7) is 13.1. The number of rotatable bonds is 12. The average molecular weight is 1100 g/mol. The Hall–Kier alpha value is -4.06. The zero-order valence-corrected chi connectivity index (χ0v) is 47.1. The van der Waals surface area contributed by atoms with Crippen LogP contribution in [0.25, 0.3) is 0 Å². The largest absolute Gasteiger partial charge is 0.481 e. The predicted octanol–water partition coefficient (Wildman–Crippen LogP) is 3.63. The average Bonchev–Trinajstić information content (AvgIpc) is 3.35. The lowest BCUT2D eigenvalue weighted by atomic mass is 9.84. The molecule has 0 aliphatic carbocycles. The number of guanidine groups is 1. The maximum Gasteiger partial charge on any atom is 0.334 e. The summed E-state index contributed by atoms with van der Waals surface area (Å²) in [5.74, 6) is -6.98. The van der Waals surface area contributed by atoms with E-state index in [-0.39, 0.29) is 63.2 Å². The van der Waals surface area contributed by atoms with Crippen molar-refractivity contribution in [2.24, 2.45) is 34.6 Å². The van der Waals surface area contributed by atoms with Crippen molar-refractivity contribution in [1.82, 2.24) is 10.6 Å². The number of carboxylic acids is 1. The Balaban J connectivity index is 2.44. The van der Waals surface area contributed by atoms with Gasteiger partial charge in [-0.2, -0.15) is 0 Å². The molecule has 0 aromatic carbocycles. The van der Waals surface area contributed by atoms with Crippen molar-refractivity contribution in [1.29, 1.82) is 0 Å². The van der Waals surface area contributed by atoms with E-state index in [1.807, 2.05) is 27.0 Å². The summed E-state index contributed by atoms with van der Waals surface area (Å²) in [6.07, 6.45) is 1.35. The molecule has 2 heterocycles. The molecule has 2 aliphatic heterocycles. The number of unbranched alkanes of at least 4 members (excludes halogenated alkanes) is 2. The van der Waals surface area contributed by atoms with E-state index in [2.05, 4.69) is 27.8 Å². The maximum atomic E-state index is 13.7. The van der Waals surface area contributed by atoms with E-state index in [0.717, 1.165) is 44.6 Å². The molecule has 2 rings (SSSR count). The van der Waals surface area contributed by atoms with Gasteiger partial charge in [0, 0.05) is 82.5 Å². The van der Waals surface area contributed by atoms with Crippen LogP contribution in [0, 0.1) is 29.6 Å². The van der Waals surface area contributed by atoms with E-state index in [1.54, 1.807) is 72.0 Å². The van der Waals surface area contributed by atoms with Crippen molar-refractivity contribution in [2.75, 3.05) is 20.6 Å². The van der Waals surface area contributed by atoms with Crippen LogP contribution >= 0.6 is 0 Å². The van der Waals surface area contributed by atoms with Crippen LogP contribution in [0.4, 0.5) is 0 Å². The molecule has 1 fully saturated rings. The van der Waals surface area contributed by atoms with Gasteiger partial charge in [-0.15, -0.1) is 0 Å². The van der Waals surface area contributed by atoms with Crippen molar-refractivity contribution in [3.8, 4) is 0 Å². The molecule has 0 saturated carbocycles. The molecule has 2 bridgehead atoms. The number of ether oxygens (including phenoxy) is 3. The van der Waals surface area contributed by atoms with Crippen LogP contribution in [0.2, 0.25) is 0 Å². The van der Waals surface area contributed by atoms with Gasteiger partial charge in [0.15, 0.2) is 11.7 Å². The number of carbonyl (C=O) groups excluding carboxylic acids is 2. The number of nitrogens with zero attached hydrogens (tertiary/aromatic N) is 1. The monoisotopic (exact) mass is 1100 g/mol. The molecule has 18 atom stereocenters. The molecule has 1 saturated heterocycles. The fourth-order valence-electron chi connectivity index (χ4n) is 9.63. The number of nitrogens with one attached hydrogen (secondary N) is 2. The topological polar surface area (TPSA) is 338 Å². The molecular weight excluding hydrogens is 999 g/mol. The molecule has 0 aromatic rings. The number of aliphatic hydroxyl groups is 10. The van der Waals surface area contributed by atoms with Gasteiger partial charge >= 0.3 is 17.9 Å². The van der Waals surface area contributed by atoms with Gasteiger partial charge in [0.2, 0.25) is 0 Å². The number of allylic oxidation sites excluding steroid dienone is 6. The van der Waals surface area contributed by atoms with Crippen LogP contribution in [-0.2, 0) is 28.6 Å². The smallest absolute Gasteiger partial charge is 0.334 e. The molecule has 2 aliphatic rings. The maximum absolute atomic E-state index is 13.7. The highest BCUT2D eigenvalue weighted by Gasteiger charge is 2.50. The third-order valence-electron chi connectivity index (χ3n) is 15.0. The SMILES string of the molecule is CN=C(NC)NCCC/C=C/CCC[C@H](C)[C@@H]1OC(=O)/C(C)=C\C=C/[C@@H](C)[C@H](O)C[C@H](O)[C@@H](C)[C@@H](O)CC[C@H](C)[C@H](O)C[C@@]2(O)O[C@@H](C[C@H](O)C[C@H](OC(=O)CC(=O)O)C[C@@H](O)C[C@@H](O)/C(C)=C\C=C/[C@@H]1C)C[C@@H](O)[C@@H]2O. The van der Waals surface area contributed by atoms with Gasteiger partial charge in [-0.05, 0) is 82.6 Å². The zero-order valence-electron chi connectivity index (χ0n) is 47.1. The predicted molar refractivity (Wildman–Crippen MR) is 292 cm³/mol. The number of hydrogen-bond acceptors (Lipinski definition) is 17. The summed E-state index contributed by atoms with van der Waals surface area (Å²) in [5, 5.41) is 127. The van der Waals surface area contributed by atoms with Crippen LogP contribution in [0.1, 0.15) is 145 Å². The van der Waals surface area contributed by atoms with E-state index >= 15 is 0 Å². The third kappa shape index (κ3) is 25.7. The fourth-order valence-corrected chi connectivity index (χ4v) is 9.63. The number of aliphatic hydroxyl groups excluding tert-OH is 9. The Morgan fingerprint density at radius 3 is 2.06 bits per heavy atom. The first-order chi connectivity index (χ1) is 36.2. The van der Waals surface area contributed by atoms with Gasteiger partial charge < -0.3 is 81.0 Å². The van der Waals surface area contributed by atoms with E-state index in [0.29, 0.717) is 11.1 Å². The van der Waals surface area contributed by atoms with E-state index < -0.39 is 128 Å². The van der Waals surface area contributed by atoms with Gasteiger partial charge in [0.05, 0.1) is 54.9 Å². The van der Waals surface area contributed by atoms with Crippen LogP contribution in [-0.4, -0.2) is 180 Å². The van der Waals surface area contributed by atoms with E-state index in [4.69, 9.17) is 14.2 Å². The third-order valence-corrected chi connectivity index (χ3v) is 15.0. The lowest BCUT2D eigenvalue weighted by Crippen LogP contribution is -2.59. The number of cyclic esters (lactones) is 1. The van der Waals surface area contributed by atoms with Crippen LogP contribution in [0.3, 0.4) is 0 Å². The Labute approximate surface area is 456 Å². The van der Waals surface area contributed by atoms with Crippen LogP contribution in [0.5, 0.6) is 0 Å². The number of aliphatic imine (C=N–C) groups is 1. The van der Waals surface area contributed by atoms with Crippen molar-refractivity contribution in [2.45, 2.75) is 224 Å². The molecule has 0 spiro atoms. The summed E-state index contributed by atoms with van der Waals surface area (Å²) in [7, 11) is 3.53. The summed E-state index contributed by atoms with van der Waals surface area (Å²) < 4.78 is 17.4. The molecule has 442 valence electrons. The Morgan fingerprint density at radius 2 is 1.43 bits per heavy atom. The highest BCUT2D eigenvalue weighted by Crippen LogP contribution is 2.36. The molecule has 20 heteroatoms. The van der Waals surface area contributed by atoms with Gasteiger partial charge in [0.25, 0.3) is 0 Å². The number of fused-ring (bicyclic) bond motifs is 2. The quantitative estimate of drug-likeness (QED) is 0.0331. The van der Waals surface area contributed by atoms with Gasteiger partial charge in [-0.1, -0.05) is 83.2 Å². The summed E-state index contributed by atoms with van der Waals surface area (Å²) in [5.41, 5.74) is 0.779. The molecule has 13 N–H and O–H groups in total. The number of hydrogen-bond donors (Lipinski definition) is 13. The minimum absolute atomic E-state index is 0.0655. The van der Waals surface area contributed by atoms with Gasteiger partial charge in [-0.3, -0.25) is 14.6 Å². The first kappa shape index (κ1) is 69.0. The lowest BCUT2D eigenvalue weighted by molar-refractivity contribution is -0.333. The summed E-state index contributed by atoms with van der Waals surface area (Å²) in [6, 6.07) is 0. The highest BCUT2D eigenvalue weighted by atomic mass is 16.7. The minimum Gasteiger partial charge on any atom is -0.481 e. The van der Waals surface area contributed by atoms with Crippen molar-refractivity contribution >= 4 is 23.9 Å². The van der Waals surface area contributed by atoms with E-state index in [1.165, 1.54) is 0 Å². The highest BCUT2D eigenvalue weighted by molar-refractivity contribution is 5.90. The molecule has 20 nitrogen and oxygen atoms in total. The lowest BCUT2D eigenvalue weighted by Gasteiger charge is -2.45. The Bertz CT molecular complexity index is 1940. The van der Waals surface area contributed by atoms with Gasteiger partial charge in [0.1, 0.15) is 24.7 Å². The first-order valence-corrected chi connectivity index (χ1v) is 27.6. The van der Waals surface area contributed by atoms with Crippen LogP contribution in [0.15, 0.2) is 64.7 Å². The first-order valence-electron chi connectivity index (χ1n) is 27.6. The standard InChI is InChI=1S/C57H97N3O17/c1-34-19-16-21-38(5)53(37(4)18-14-12-10-11-13-15-25-60-56(58-8)59-9)76-55(73)39(6)22-17-20-35(2)47(65)31-48(66)40(7)45(63)24-23-36(3)50(68)33-57(74)54(72)49(67)30-44(77-57)28-41(61)26-43(27-42(62)29-46(34)64)75-52(71)32-51(69)70/h10-11,16-17,19-22,35-38,40-50,53-54,61-68,72,74H,12-15,18,23-33H2,1-9H3,(H,69,70)(H2,58,59,60)/b11-10+,20-17-,21-16-,34-19-,39-22-/t35-,36+,37+,38+,40+,41-,42-,43+,44+,45+,46-,47-,48+,49-,50-,53+,54+,57-/m1/s1. The van der Waals surface area contributed by atoms with E-state index in [9.17, 15) is 70.6 Å². The fraction of sp³-hybridized carbons (Fsp3) is 0.754. The van der Waals surface area contributed by atoms with Crippen molar-refractivity contribution in [3.63, 3.8) is 0 Å². The summed E-state index contributed by atoms with van der Waals surface area (Å²) in [4.78, 5) is 41.6. The molecule has 0 amide bonds. The second-order valence-corrected chi connectivity index (χ2v) is 21.8. The van der Waals surface area contributed by atoms with Gasteiger partial charge in [-0.25, -0.2) is 4.79 Å². The molecular formula is C57H97N3O17. The number of carboxylic acid groups (broad SMARTS) is 1. The Morgan fingerprint density at radius 1 is 0.805 bits per heavy atom. The van der Waals surface area contributed by atoms with Crippen molar-refractivity contribution in [3.05, 3.63) is 59.8 Å². The molecule has 0 radical (unpaired) electrons. The van der Waals surface area contributed by atoms with Crippen molar-refractivity contribution < 1.29 is 84.8 Å². The minimum atomic E-state index is -2.48. The number of esters is 2. The molecule has 0 unspecified atom stereocenters. The second kappa shape index (κ2) is 35.5. The number of carbonyl (C=O) groups is 3. The normalized spacial score (nSPS) is 37.6. The second-order valence-electron chi connectivity index (χ2n) is 21.8. The zero-order chi connectivity index (χ0) is 58.0. The summed E-state index contributed by atoms with van der Waals surface area (Å²) >= 11 is 0. The molecule has 77 heavy (non-hydrogen) atoms. The molecule has 0 aromatic heterocycles. The number of aliphatic carboxylic acids is 1. The van der Waals surface area contributed by atoms with Crippen LogP contribution < -0.4 is 10.6 Å². The Kier molecular flexibility index (Phi) is 31.9.